The highest BCUT2D eigenvalue weighted by atomic mass is 16.5. The van der Waals surface area contributed by atoms with Gasteiger partial charge in [0.05, 0.1) is 5.92 Å². The number of carbonyl (C=O) groups excluding carboxylic acids is 1. The van der Waals surface area contributed by atoms with Gasteiger partial charge in [-0.05, 0) is 53.4 Å². The molecule has 3 aliphatic rings. The van der Waals surface area contributed by atoms with Crippen LogP contribution in [-0.2, 0) is 9.53 Å². The number of fused-ring (bicyclic) bond motifs is 4. The summed E-state index contributed by atoms with van der Waals surface area (Å²) in [6.07, 6.45) is 1.86. The number of amides is 1. The minimum Gasteiger partial charge on any atom is -0.481 e. The lowest BCUT2D eigenvalue weighted by molar-refractivity contribution is -0.141. The summed E-state index contributed by atoms with van der Waals surface area (Å²) < 4.78 is 5.60. The summed E-state index contributed by atoms with van der Waals surface area (Å²) in [5.41, 5.74) is 4.81. The van der Waals surface area contributed by atoms with E-state index in [0.29, 0.717) is 18.9 Å². The molecule has 0 radical (unpaired) electrons. The third-order valence-corrected chi connectivity index (χ3v) is 6.82. The smallest absolute Gasteiger partial charge is 0.407 e. The average Bonchev–Trinajstić information content (AvgIpc) is 3.20. The van der Waals surface area contributed by atoms with E-state index in [1.54, 1.807) is 0 Å². The molecule has 2 fully saturated rings. The molecule has 5 heteroatoms. The predicted molar refractivity (Wildman–Crippen MR) is 104 cm³/mol. The number of ether oxygens (including phenoxy) is 1. The van der Waals surface area contributed by atoms with Crippen LogP contribution in [0.1, 0.15) is 36.3 Å². The van der Waals surface area contributed by atoms with Crippen LogP contribution < -0.4 is 5.32 Å². The number of carboxylic acid groups (broad SMARTS) is 1. The maximum absolute atomic E-state index is 12.4. The summed E-state index contributed by atoms with van der Waals surface area (Å²) in [7, 11) is 0. The monoisotopic (exact) mass is 377 g/mol. The van der Waals surface area contributed by atoms with Gasteiger partial charge in [0.1, 0.15) is 6.61 Å². The van der Waals surface area contributed by atoms with E-state index in [0.717, 1.165) is 12.8 Å². The van der Waals surface area contributed by atoms with Crippen molar-refractivity contribution in [3.8, 4) is 11.1 Å². The fraction of sp³-hybridized carbons (Fsp3) is 0.391. The van der Waals surface area contributed by atoms with Crippen molar-refractivity contribution in [3.05, 3.63) is 59.7 Å². The topological polar surface area (TPSA) is 75.6 Å². The van der Waals surface area contributed by atoms with Gasteiger partial charge in [0.25, 0.3) is 0 Å². The van der Waals surface area contributed by atoms with Gasteiger partial charge in [0.15, 0.2) is 0 Å². The molecule has 0 aliphatic heterocycles. The molecule has 0 heterocycles. The predicted octanol–water partition coefficient (Wildman–Crippen LogP) is 4.02. The zero-order chi connectivity index (χ0) is 19.3. The van der Waals surface area contributed by atoms with Crippen molar-refractivity contribution >= 4 is 12.1 Å². The molecule has 0 aromatic heterocycles. The van der Waals surface area contributed by atoms with Crippen molar-refractivity contribution in [1.29, 1.82) is 0 Å². The first kappa shape index (κ1) is 17.3. The Balaban J connectivity index is 1.22. The Bertz CT molecular complexity index is 894. The lowest BCUT2D eigenvalue weighted by Gasteiger charge is -2.40. The van der Waals surface area contributed by atoms with Crippen LogP contribution in [0.2, 0.25) is 0 Å². The molecular weight excluding hydrogens is 354 g/mol. The van der Waals surface area contributed by atoms with Crippen LogP contribution in [0.5, 0.6) is 0 Å². The minimum atomic E-state index is -0.714. The minimum absolute atomic E-state index is 0.0463. The van der Waals surface area contributed by atoms with Crippen molar-refractivity contribution in [2.45, 2.75) is 31.2 Å². The van der Waals surface area contributed by atoms with E-state index in [1.165, 1.54) is 22.3 Å². The number of benzene rings is 2. The summed E-state index contributed by atoms with van der Waals surface area (Å²) in [5.74, 6) is -0.213. The van der Waals surface area contributed by atoms with E-state index < -0.39 is 12.1 Å². The van der Waals surface area contributed by atoms with Crippen LogP contribution in [0.4, 0.5) is 4.79 Å². The van der Waals surface area contributed by atoms with Crippen molar-refractivity contribution in [2.75, 3.05) is 6.61 Å². The lowest BCUT2D eigenvalue weighted by atomic mass is 9.71. The Kier molecular flexibility index (Phi) is 4.11. The first-order valence-electron chi connectivity index (χ1n) is 9.96. The number of rotatable bonds is 4. The molecule has 0 unspecified atom stereocenters. The van der Waals surface area contributed by atoms with Crippen molar-refractivity contribution in [2.24, 2.45) is 17.8 Å². The number of carbonyl (C=O) groups is 2. The zero-order valence-corrected chi connectivity index (χ0v) is 15.5. The lowest BCUT2D eigenvalue weighted by Crippen LogP contribution is -2.50. The average molecular weight is 377 g/mol. The number of alkyl carbamates (subject to hydrolysis) is 1. The first-order valence-corrected chi connectivity index (χ1v) is 9.96. The quantitative estimate of drug-likeness (QED) is 0.844. The highest BCUT2D eigenvalue weighted by Gasteiger charge is 2.50. The highest BCUT2D eigenvalue weighted by molar-refractivity contribution is 5.79. The molecule has 4 atom stereocenters. The molecule has 2 saturated carbocycles. The van der Waals surface area contributed by atoms with Gasteiger partial charge in [-0.3, -0.25) is 4.79 Å². The SMILES string of the molecule is O=C(N[C@H]1C[C@@H]2C[C@@H](C(=O)O)C[C@@H]21)OCC1c2ccccc2-c2ccccc21. The zero-order valence-electron chi connectivity index (χ0n) is 15.5. The number of aliphatic carboxylic acids is 1. The third kappa shape index (κ3) is 2.77. The maximum atomic E-state index is 12.4. The summed E-state index contributed by atoms with van der Waals surface area (Å²) in [5, 5.41) is 12.2. The summed E-state index contributed by atoms with van der Waals surface area (Å²) in [4.78, 5) is 23.6. The van der Waals surface area contributed by atoms with E-state index in [9.17, 15) is 14.7 Å². The Morgan fingerprint density at radius 1 is 0.964 bits per heavy atom. The second-order valence-corrected chi connectivity index (χ2v) is 8.24. The molecule has 2 aromatic rings. The second-order valence-electron chi connectivity index (χ2n) is 8.24. The molecule has 5 nitrogen and oxygen atoms in total. The van der Waals surface area contributed by atoms with Gasteiger partial charge in [-0.2, -0.15) is 0 Å². The highest BCUT2D eigenvalue weighted by Crippen LogP contribution is 2.50. The molecule has 0 spiro atoms. The standard InChI is InChI=1S/C23H23NO4/c25-22(26)14-9-13-11-21(19(13)10-14)24-23(27)28-12-20-17-7-3-1-5-15(17)16-6-2-4-8-18(16)20/h1-8,13-14,19-21H,9-12H2,(H,24,27)(H,25,26)/t13-,14+,19-,21-/m0/s1. The fourth-order valence-corrected chi connectivity index (χ4v) is 5.39. The van der Waals surface area contributed by atoms with Crippen LogP contribution in [0, 0.1) is 17.8 Å². The maximum Gasteiger partial charge on any atom is 0.407 e. The Hall–Kier alpha value is -2.82. The van der Waals surface area contributed by atoms with Gasteiger partial charge in [0.2, 0.25) is 0 Å². The van der Waals surface area contributed by atoms with E-state index in [2.05, 4.69) is 29.6 Å². The molecule has 0 bridgehead atoms. The normalized spacial score (nSPS) is 27.3. The van der Waals surface area contributed by atoms with Gasteiger partial charge in [0, 0.05) is 12.0 Å². The van der Waals surface area contributed by atoms with E-state index in [1.807, 2.05) is 24.3 Å². The van der Waals surface area contributed by atoms with Gasteiger partial charge in [-0.1, -0.05) is 48.5 Å². The third-order valence-electron chi connectivity index (χ3n) is 6.82. The number of carboxylic acids is 1. The molecule has 3 aliphatic carbocycles. The van der Waals surface area contributed by atoms with Gasteiger partial charge >= 0.3 is 12.1 Å². The summed E-state index contributed by atoms with van der Waals surface area (Å²) >= 11 is 0. The Labute approximate surface area is 163 Å². The Morgan fingerprint density at radius 3 is 2.25 bits per heavy atom. The number of nitrogens with one attached hydrogen (secondary N) is 1. The van der Waals surface area contributed by atoms with Crippen molar-refractivity contribution in [1.82, 2.24) is 5.32 Å². The van der Waals surface area contributed by atoms with Crippen molar-refractivity contribution in [3.63, 3.8) is 0 Å². The van der Waals surface area contributed by atoms with Crippen LogP contribution in [0.15, 0.2) is 48.5 Å². The van der Waals surface area contributed by atoms with E-state index in [-0.39, 0.29) is 23.8 Å². The molecule has 0 saturated heterocycles. The first-order chi connectivity index (χ1) is 13.6. The van der Waals surface area contributed by atoms with Crippen molar-refractivity contribution < 1.29 is 19.4 Å². The summed E-state index contributed by atoms with van der Waals surface area (Å²) in [6.45, 7) is 0.304. The molecule has 5 rings (SSSR count). The second kappa shape index (κ2) is 6.66. The number of hydrogen-bond acceptors (Lipinski definition) is 3. The van der Waals surface area contributed by atoms with Gasteiger partial charge in [-0.15, -0.1) is 0 Å². The Morgan fingerprint density at radius 2 is 1.61 bits per heavy atom. The molecule has 28 heavy (non-hydrogen) atoms. The van der Waals surface area contributed by atoms with Crippen LogP contribution in [-0.4, -0.2) is 29.8 Å². The van der Waals surface area contributed by atoms with E-state index >= 15 is 0 Å². The largest absolute Gasteiger partial charge is 0.481 e. The molecule has 144 valence electrons. The molecule has 1 amide bonds. The van der Waals surface area contributed by atoms with Gasteiger partial charge < -0.3 is 15.2 Å². The van der Waals surface area contributed by atoms with Crippen LogP contribution in [0.25, 0.3) is 11.1 Å². The van der Waals surface area contributed by atoms with Crippen LogP contribution >= 0.6 is 0 Å². The summed E-state index contributed by atoms with van der Waals surface area (Å²) in [6, 6.07) is 16.6. The molecule has 2 aromatic carbocycles. The molecular formula is C23H23NO4. The van der Waals surface area contributed by atoms with E-state index in [4.69, 9.17) is 4.74 Å². The van der Waals surface area contributed by atoms with Crippen LogP contribution in [0.3, 0.4) is 0 Å². The fourth-order valence-electron chi connectivity index (χ4n) is 5.39. The van der Waals surface area contributed by atoms with Gasteiger partial charge in [-0.25, -0.2) is 4.79 Å². The molecule has 2 N–H and O–H groups in total. The number of hydrogen-bond donors (Lipinski definition) is 2.